The smallest absolute Gasteiger partial charge is 0.174 e. The number of methoxy groups -OCH3 is 1. The third-order valence-corrected chi connectivity index (χ3v) is 5.83. The first kappa shape index (κ1) is 11.3. The maximum atomic E-state index is 11.8. The minimum atomic E-state index is -1.03. The van der Waals surface area contributed by atoms with Crippen LogP contribution in [0, 0.1) is 0 Å². The van der Waals surface area contributed by atoms with Gasteiger partial charge in [0, 0.05) is 6.08 Å². The van der Waals surface area contributed by atoms with Crippen molar-refractivity contribution in [1.82, 2.24) is 0 Å². The van der Waals surface area contributed by atoms with Crippen LogP contribution in [-0.2, 0) is 10.2 Å². The van der Waals surface area contributed by atoms with Crippen LogP contribution in [0.2, 0.25) is 0 Å². The van der Waals surface area contributed by atoms with Gasteiger partial charge in [0.15, 0.2) is 4.91 Å². The zero-order valence-corrected chi connectivity index (χ0v) is 10.6. The van der Waals surface area contributed by atoms with Gasteiger partial charge in [0.1, 0.15) is 21.1 Å². The minimum Gasteiger partial charge on any atom is -0.600 e. The second-order valence-corrected chi connectivity index (χ2v) is 6.95. The van der Waals surface area contributed by atoms with Gasteiger partial charge >= 0.3 is 0 Å². The molecule has 0 aromatic heterocycles. The molecular formula is C10H10O2S3. The van der Waals surface area contributed by atoms with Crippen molar-refractivity contribution >= 4 is 38.5 Å². The van der Waals surface area contributed by atoms with Crippen molar-refractivity contribution in [2.24, 2.45) is 0 Å². The molecule has 1 aliphatic rings. The highest BCUT2D eigenvalue weighted by Gasteiger charge is 2.31. The maximum Gasteiger partial charge on any atom is 0.174 e. The molecule has 2 nitrogen and oxygen atoms in total. The van der Waals surface area contributed by atoms with E-state index in [1.54, 1.807) is 7.11 Å². The van der Waals surface area contributed by atoms with Crippen molar-refractivity contribution in [3.63, 3.8) is 0 Å². The van der Waals surface area contributed by atoms with E-state index in [9.17, 15) is 4.55 Å². The number of rotatable bonds is 2. The molecule has 1 aromatic rings. The van der Waals surface area contributed by atoms with Crippen LogP contribution in [0.5, 0.6) is 5.75 Å². The summed E-state index contributed by atoms with van der Waals surface area (Å²) in [5, 5.41) is 0. The van der Waals surface area contributed by atoms with Gasteiger partial charge in [-0.05, 0) is 12.1 Å². The van der Waals surface area contributed by atoms with E-state index in [4.69, 9.17) is 4.74 Å². The molecule has 2 atom stereocenters. The SMILES string of the molecule is COc1ccccc1C1=CC(S)S[S+]1[O-]. The van der Waals surface area contributed by atoms with Crippen LogP contribution in [0.3, 0.4) is 0 Å². The molecular weight excluding hydrogens is 248 g/mol. The zero-order chi connectivity index (χ0) is 10.8. The highest BCUT2D eigenvalue weighted by Crippen LogP contribution is 2.44. The van der Waals surface area contributed by atoms with E-state index in [1.165, 1.54) is 10.8 Å². The molecule has 0 bridgehead atoms. The van der Waals surface area contributed by atoms with E-state index >= 15 is 0 Å². The summed E-state index contributed by atoms with van der Waals surface area (Å²) < 4.78 is 17.0. The highest BCUT2D eigenvalue weighted by atomic mass is 33.1. The molecule has 15 heavy (non-hydrogen) atoms. The van der Waals surface area contributed by atoms with Gasteiger partial charge in [0.2, 0.25) is 0 Å². The molecule has 5 heteroatoms. The lowest BCUT2D eigenvalue weighted by molar-refractivity contribution is 0.413. The van der Waals surface area contributed by atoms with Crippen molar-refractivity contribution in [1.29, 1.82) is 0 Å². The lowest BCUT2D eigenvalue weighted by Crippen LogP contribution is -1.96. The van der Waals surface area contributed by atoms with E-state index in [0.29, 0.717) is 0 Å². The highest BCUT2D eigenvalue weighted by molar-refractivity contribution is 8.77. The largest absolute Gasteiger partial charge is 0.600 e. The van der Waals surface area contributed by atoms with Gasteiger partial charge in [-0.25, -0.2) is 0 Å². The Kier molecular flexibility index (Phi) is 3.56. The number of hydrogen-bond donors (Lipinski definition) is 1. The summed E-state index contributed by atoms with van der Waals surface area (Å²) in [4.78, 5) is 0.803. The summed E-state index contributed by atoms with van der Waals surface area (Å²) in [6.45, 7) is 0. The third-order valence-electron chi connectivity index (χ3n) is 2.03. The van der Waals surface area contributed by atoms with Gasteiger partial charge < -0.3 is 9.29 Å². The van der Waals surface area contributed by atoms with Crippen molar-refractivity contribution in [2.45, 2.75) is 4.58 Å². The van der Waals surface area contributed by atoms with Crippen molar-refractivity contribution in [2.75, 3.05) is 7.11 Å². The van der Waals surface area contributed by atoms with Gasteiger partial charge in [-0.3, -0.25) is 0 Å². The molecule has 2 unspecified atom stereocenters. The Morgan fingerprint density at radius 1 is 1.47 bits per heavy atom. The van der Waals surface area contributed by atoms with Gasteiger partial charge in [0.05, 0.1) is 22.9 Å². The number of ether oxygens (including phenoxy) is 1. The first-order valence-electron chi connectivity index (χ1n) is 4.34. The van der Waals surface area contributed by atoms with Gasteiger partial charge in [-0.2, -0.15) is 12.6 Å². The Hall–Kier alpha value is -0.230. The van der Waals surface area contributed by atoms with Crippen LogP contribution < -0.4 is 4.74 Å². The monoisotopic (exact) mass is 258 g/mol. The fourth-order valence-corrected chi connectivity index (χ4v) is 4.94. The summed E-state index contributed by atoms with van der Waals surface area (Å²) >= 11 is 4.28. The molecule has 0 fully saturated rings. The van der Waals surface area contributed by atoms with Gasteiger partial charge in [-0.15, -0.1) is 0 Å². The fourth-order valence-electron chi connectivity index (χ4n) is 1.38. The van der Waals surface area contributed by atoms with Crippen molar-refractivity contribution in [3.8, 4) is 5.75 Å². The lowest BCUT2D eigenvalue weighted by Gasteiger charge is -2.09. The average Bonchev–Trinajstić information content (AvgIpc) is 2.57. The Bertz CT molecular complexity index is 392. The van der Waals surface area contributed by atoms with Crippen LogP contribution in [0.15, 0.2) is 30.3 Å². The summed E-state index contributed by atoms with van der Waals surface area (Å²) in [6.07, 6.45) is 1.90. The lowest BCUT2D eigenvalue weighted by atomic mass is 10.2. The molecule has 0 radical (unpaired) electrons. The van der Waals surface area contributed by atoms with Crippen LogP contribution in [-0.4, -0.2) is 16.2 Å². The normalized spacial score (nSPS) is 25.1. The topological polar surface area (TPSA) is 32.3 Å². The first-order valence-corrected chi connectivity index (χ1v) is 7.41. The first-order chi connectivity index (χ1) is 7.22. The number of para-hydroxylation sites is 1. The maximum absolute atomic E-state index is 11.8. The minimum absolute atomic E-state index is 0.00532. The van der Waals surface area contributed by atoms with E-state index in [1.807, 2.05) is 30.3 Å². The molecule has 1 aromatic carbocycles. The summed E-state index contributed by atoms with van der Waals surface area (Å²) in [5.74, 6) is 0.750. The van der Waals surface area contributed by atoms with E-state index in [0.717, 1.165) is 16.2 Å². The van der Waals surface area contributed by atoms with Crippen molar-refractivity contribution in [3.05, 3.63) is 35.9 Å². The molecule has 1 heterocycles. The average molecular weight is 258 g/mol. The standard InChI is InChI=1S/C10H10O2S3/c1-12-8-5-3-2-4-7(8)9-6-10(13)14-15(9)11/h2-6,10,13H,1H3. The molecule has 0 amide bonds. The van der Waals surface area contributed by atoms with E-state index in [2.05, 4.69) is 12.6 Å². The van der Waals surface area contributed by atoms with Gasteiger partial charge in [-0.1, -0.05) is 12.1 Å². The zero-order valence-electron chi connectivity index (χ0n) is 8.04. The summed E-state index contributed by atoms with van der Waals surface area (Å²) in [6, 6.07) is 7.58. The van der Waals surface area contributed by atoms with Crippen LogP contribution in [0.25, 0.3) is 4.91 Å². The Morgan fingerprint density at radius 2 is 2.20 bits per heavy atom. The van der Waals surface area contributed by atoms with E-state index < -0.39 is 10.2 Å². The molecule has 0 saturated carbocycles. The predicted octanol–water partition coefficient (Wildman–Crippen LogP) is 2.70. The number of thiol groups is 1. The van der Waals surface area contributed by atoms with E-state index in [-0.39, 0.29) is 4.58 Å². The molecule has 80 valence electrons. The number of benzene rings is 1. The van der Waals surface area contributed by atoms with Crippen LogP contribution >= 0.6 is 23.4 Å². The third kappa shape index (κ3) is 2.30. The molecule has 0 spiro atoms. The fraction of sp³-hybridized carbons (Fsp3) is 0.200. The Morgan fingerprint density at radius 3 is 2.80 bits per heavy atom. The Balaban J connectivity index is 2.41. The molecule has 1 aliphatic heterocycles. The Labute approximate surface area is 101 Å². The molecule has 0 N–H and O–H groups in total. The van der Waals surface area contributed by atoms with Gasteiger partial charge in [0.25, 0.3) is 0 Å². The molecule has 0 saturated heterocycles. The molecule has 2 rings (SSSR count). The quantitative estimate of drug-likeness (QED) is 0.503. The van der Waals surface area contributed by atoms with Crippen LogP contribution in [0.4, 0.5) is 0 Å². The summed E-state index contributed by atoms with van der Waals surface area (Å²) in [7, 11) is 1.91. The summed E-state index contributed by atoms with van der Waals surface area (Å²) in [5.41, 5.74) is 0.891. The van der Waals surface area contributed by atoms with Crippen molar-refractivity contribution < 1.29 is 9.29 Å². The second-order valence-electron chi connectivity index (χ2n) is 2.95. The predicted molar refractivity (Wildman–Crippen MR) is 69.5 cm³/mol. The molecule has 0 aliphatic carbocycles. The van der Waals surface area contributed by atoms with Crippen LogP contribution in [0.1, 0.15) is 5.56 Å². The second kappa shape index (κ2) is 4.74. The number of hydrogen-bond acceptors (Lipinski definition) is 4.